The van der Waals surface area contributed by atoms with E-state index in [0.717, 1.165) is 93.4 Å². The number of anilines is 1. The van der Waals surface area contributed by atoms with E-state index < -0.39 is 23.1 Å². The highest BCUT2D eigenvalue weighted by atomic mass is 19.1. The van der Waals surface area contributed by atoms with Crippen LogP contribution in [0.4, 0.5) is 14.6 Å². The first kappa shape index (κ1) is 34.4. The molecule has 3 saturated heterocycles. The Morgan fingerprint density at radius 3 is 2.41 bits per heavy atom. The van der Waals surface area contributed by atoms with Gasteiger partial charge in [-0.25, -0.2) is 18.3 Å². The van der Waals surface area contributed by atoms with Gasteiger partial charge >= 0.3 is 0 Å². The summed E-state index contributed by atoms with van der Waals surface area (Å²) in [6, 6.07) is 11.0. The molecule has 11 nitrogen and oxygen atoms in total. The maximum atomic E-state index is 14.7. The predicted molar refractivity (Wildman–Crippen MR) is 187 cm³/mol. The summed E-state index contributed by atoms with van der Waals surface area (Å²) in [5.41, 5.74) is 2.03. The van der Waals surface area contributed by atoms with Crippen molar-refractivity contribution in [3.05, 3.63) is 77.8 Å². The first-order valence-corrected chi connectivity index (χ1v) is 17.7. The molecular formula is C38H42F2N8O3. The van der Waals surface area contributed by atoms with Crippen molar-refractivity contribution in [2.24, 2.45) is 5.41 Å². The highest BCUT2D eigenvalue weighted by Gasteiger charge is 2.42. The molecule has 4 aromatic rings. The molecule has 3 fully saturated rings. The van der Waals surface area contributed by atoms with Gasteiger partial charge in [-0.3, -0.25) is 9.59 Å². The molecule has 0 unspecified atom stereocenters. The molecule has 0 atom stereocenters. The standard InChI is InChI=1S/C38H42F2N8O3/c1-2-51-30-20-31(35-28(21-41)23-43-48(35)24-30)27-3-6-34(42-22-27)47-17-11-38(12-18-47,44-36(50)32-19-29(39)4-5-33(32)40)25-45-13-7-37(8-14-45)9-15-46(26-49)16-10-37/h3-6,19-20,22-24,26H,2,7-18,25H2,1H3,(H,44,50). The Morgan fingerprint density at radius 2 is 1.75 bits per heavy atom. The molecule has 1 spiro atoms. The van der Waals surface area contributed by atoms with E-state index in [2.05, 4.69) is 26.3 Å². The van der Waals surface area contributed by atoms with Crippen molar-refractivity contribution in [2.75, 3.05) is 57.3 Å². The molecule has 0 radical (unpaired) electrons. The monoisotopic (exact) mass is 696 g/mol. The molecule has 266 valence electrons. The van der Waals surface area contributed by atoms with E-state index in [1.807, 2.05) is 30.0 Å². The fraction of sp³-hybridized carbons (Fsp3) is 0.447. The van der Waals surface area contributed by atoms with Crippen LogP contribution in [0, 0.1) is 28.4 Å². The van der Waals surface area contributed by atoms with Crippen LogP contribution in [0.1, 0.15) is 61.4 Å². The van der Waals surface area contributed by atoms with Gasteiger partial charge in [-0.1, -0.05) is 0 Å². The number of hydrogen-bond acceptors (Lipinski definition) is 8. The molecule has 13 heteroatoms. The number of benzene rings is 1. The van der Waals surface area contributed by atoms with Crippen molar-refractivity contribution in [3.8, 4) is 22.9 Å². The fourth-order valence-electron chi connectivity index (χ4n) is 8.06. The van der Waals surface area contributed by atoms with Crippen LogP contribution in [0.3, 0.4) is 0 Å². The van der Waals surface area contributed by atoms with Gasteiger partial charge in [-0.05, 0) is 100 Å². The molecule has 0 bridgehead atoms. The van der Waals surface area contributed by atoms with Crippen molar-refractivity contribution in [2.45, 2.75) is 51.0 Å². The van der Waals surface area contributed by atoms with Crippen LogP contribution in [-0.4, -0.2) is 94.7 Å². The number of likely N-dealkylation sites (tertiary alicyclic amines) is 2. The number of piperidine rings is 3. The van der Waals surface area contributed by atoms with Gasteiger partial charge < -0.3 is 24.8 Å². The third-order valence-electron chi connectivity index (χ3n) is 11.1. The third kappa shape index (κ3) is 7.10. The Labute approximate surface area is 295 Å². The molecular weight excluding hydrogens is 654 g/mol. The summed E-state index contributed by atoms with van der Waals surface area (Å²) in [4.78, 5) is 36.0. The molecule has 1 aromatic carbocycles. The maximum absolute atomic E-state index is 14.7. The van der Waals surface area contributed by atoms with E-state index in [0.29, 0.717) is 55.9 Å². The molecule has 3 aliphatic rings. The zero-order valence-corrected chi connectivity index (χ0v) is 28.8. The molecule has 1 N–H and O–H groups in total. The highest BCUT2D eigenvalue weighted by molar-refractivity contribution is 5.95. The smallest absolute Gasteiger partial charge is 0.254 e. The Balaban J connectivity index is 1.08. The number of nitriles is 1. The van der Waals surface area contributed by atoms with Gasteiger partial charge in [0.25, 0.3) is 5.91 Å². The molecule has 6 heterocycles. The number of pyridine rings is 2. The van der Waals surface area contributed by atoms with Crippen LogP contribution in [0.15, 0.2) is 55.0 Å². The number of carbonyl (C=O) groups is 2. The van der Waals surface area contributed by atoms with Gasteiger partial charge in [0.05, 0.1) is 41.2 Å². The van der Waals surface area contributed by atoms with E-state index in [1.165, 1.54) is 6.20 Å². The fourth-order valence-corrected chi connectivity index (χ4v) is 8.06. The summed E-state index contributed by atoms with van der Waals surface area (Å²) in [6.45, 7) is 7.54. The van der Waals surface area contributed by atoms with Crippen LogP contribution < -0.4 is 15.0 Å². The number of ether oxygens (including phenoxy) is 1. The number of nitrogens with one attached hydrogen (secondary N) is 1. The number of fused-ring (bicyclic) bond motifs is 1. The molecule has 0 saturated carbocycles. The number of amides is 2. The van der Waals surface area contributed by atoms with Crippen molar-refractivity contribution < 1.29 is 23.1 Å². The molecule has 51 heavy (non-hydrogen) atoms. The SMILES string of the molecule is CCOc1cc(-c2ccc(N3CCC(CN4CCC5(CCN(C=O)CC5)CC4)(NC(=O)c4cc(F)ccc4F)CC3)nc2)c2c(C#N)cnn2c1. The average molecular weight is 697 g/mol. The summed E-state index contributed by atoms with van der Waals surface area (Å²) in [6.07, 6.45) is 11.3. The minimum Gasteiger partial charge on any atom is -0.492 e. The third-order valence-corrected chi connectivity index (χ3v) is 11.1. The minimum atomic E-state index is -0.755. The lowest BCUT2D eigenvalue weighted by molar-refractivity contribution is -0.120. The second kappa shape index (κ2) is 14.3. The normalized spacial score (nSPS) is 18.8. The van der Waals surface area contributed by atoms with Crippen molar-refractivity contribution >= 4 is 23.7 Å². The van der Waals surface area contributed by atoms with Gasteiger partial charge in [-0.15, -0.1) is 0 Å². The van der Waals surface area contributed by atoms with E-state index in [4.69, 9.17) is 9.72 Å². The quantitative estimate of drug-likeness (QED) is 0.242. The summed E-state index contributed by atoms with van der Waals surface area (Å²) < 4.78 is 36.2. The minimum absolute atomic E-state index is 0.239. The van der Waals surface area contributed by atoms with Crippen LogP contribution in [0.25, 0.3) is 16.6 Å². The molecule has 7 rings (SSSR count). The second-order valence-corrected chi connectivity index (χ2v) is 14.2. The van der Waals surface area contributed by atoms with Gasteiger partial charge in [-0.2, -0.15) is 10.4 Å². The lowest BCUT2D eigenvalue weighted by Gasteiger charge is -2.50. The number of hydrogen-bond donors (Lipinski definition) is 1. The molecule has 0 aliphatic carbocycles. The highest BCUT2D eigenvalue weighted by Crippen LogP contribution is 2.42. The summed E-state index contributed by atoms with van der Waals surface area (Å²) in [5, 5.41) is 17.2. The van der Waals surface area contributed by atoms with E-state index in [1.54, 1.807) is 16.9 Å². The molecule has 3 aromatic heterocycles. The zero-order chi connectivity index (χ0) is 35.6. The van der Waals surface area contributed by atoms with Gasteiger partial charge in [0.1, 0.15) is 29.3 Å². The Morgan fingerprint density at radius 1 is 1.00 bits per heavy atom. The predicted octanol–water partition coefficient (Wildman–Crippen LogP) is 5.05. The van der Waals surface area contributed by atoms with Crippen molar-refractivity contribution in [3.63, 3.8) is 0 Å². The van der Waals surface area contributed by atoms with Crippen molar-refractivity contribution in [1.29, 1.82) is 5.26 Å². The Bertz CT molecular complexity index is 1930. The largest absolute Gasteiger partial charge is 0.492 e. The van der Waals surface area contributed by atoms with E-state index >= 15 is 0 Å². The Hall–Kier alpha value is -5.09. The van der Waals surface area contributed by atoms with Crippen LogP contribution >= 0.6 is 0 Å². The second-order valence-electron chi connectivity index (χ2n) is 14.2. The summed E-state index contributed by atoms with van der Waals surface area (Å²) >= 11 is 0. The first-order chi connectivity index (χ1) is 24.7. The van der Waals surface area contributed by atoms with Crippen LogP contribution in [0.2, 0.25) is 0 Å². The lowest BCUT2D eigenvalue weighted by Crippen LogP contribution is -2.62. The van der Waals surface area contributed by atoms with Gasteiger partial charge in [0.15, 0.2) is 0 Å². The number of rotatable bonds is 9. The lowest BCUT2D eigenvalue weighted by atomic mass is 9.71. The topological polar surface area (TPSA) is 119 Å². The van der Waals surface area contributed by atoms with Gasteiger partial charge in [0.2, 0.25) is 6.41 Å². The number of nitrogens with zero attached hydrogens (tertiary/aromatic N) is 7. The average Bonchev–Trinajstić information content (AvgIpc) is 3.57. The maximum Gasteiger partial charge on any atom is 0.254 e. The van der Waals surface area contributed by atoms with E-state index in [-0.39, 0.29) is 11.0 Å². The summed E-state index contributed by atoms with van der Waals surface area (Å²) in [5.74, 6) is -0.618. The van der Waals surface area contributed by atoms with Gasteiger partial charge in [0, 0.05) is 50.0 Å². The number of aromatic nitrogens is 3. The molecule has 2 amide bonds. The number of halogens is 2. The Kier molecular flexibility index (Phi) is 9.61. The van der Waals surface area contributed by atoms with Crippen molar-refractivity contribution in [1.82, 2.24) is 29.7 Å². The van der Waals surface area contributed by atoms with E-state index in [9.17, 15) is 23.6 Å². The van der Waals surface area contributed by atoms with Crippen LogP contribution in [0.5, 0.6) is 5.75 Å². The first-order valence-electron chi connectivity index (χ1n) is 17.7. The zero-order valence-electron chi connectivity index (χ0n) is 28.8. The summed E-state index contributed by atoms with van der Waals surface area (Å²) in [7, 11) is 0. The van der Waals surface area contributed by atoms with Crippen LogP contribution in [-0.2, 0) is 4.79 Å². The number of carbonyl (C=O) groups excluding carboxylic acids is 2. The molecule has 3 aliphatic heterocycles.